The molecule has 1 heterocycles. The van der Waals surface area contributed by atoms with Gasteiger partial charge in [-0.15, -0.1) is 0 Å². The molecule has 1 aromatic carbocycles. The van der Waals surface area contributed by atoms with E-state index in [0.717, 1.165) is 17.7 Å². The standard InChI is InChI=1S/C17H21ClN2O/c1-5-11-6-7-15(13(8-11)17(2,3)4)21-16-14(19)9-12(18)10-20-16/h6-10H,5,19H2,1-4H3. The van der Waals surface area contributed by atoms with Crippen molar-refractivity contribution in [1.82, 2.24) is 4.98 Å². The van der Waals surface area contributed by atoms with E-state index in [9.17, 15) is 0 Å². The number of nitrogen functional groups attached to an aromatic ring is 1. The fourth-order valence-corrected chi connectivity index (χ4v) is 2.27. The number of aromatic nitrogens is 1. The number of benzene rings is 1. The Morgan fingerprint density at radius 1 is 1.24 bits per heavy atom. The molecule has 0 aliphatic heterocycles. The largest absolute Gasteiger partial charge is 0.437 e. The van der Waals surface area contributed by atoms with Gasteiger partial charge in [0.1, 0.15) is 5.75 Å². The zero-order valence-electron chi connectivity index (χ0n) is 12.9. The van der Waals surface area contributed by atoms with Crippen molar-refractivity contribution in [2.75, 3.05) is 5.73 Å². The average Bonchev–Trinajstić information content (AvgIpc) is 2.41. The highest BCUT2D eigenvalue weighted by atomic mass is 35.5. The number of pyridine rings is 1. The maximum Gasteiger partial charge on any atom is 0.242 e. The Kier molecular flexibility index (Phi) is 4.43. The summed E-state index contributed by atoms with van der Waals surface area (Å²) in [6.07, 6.45) is 2.52. The van der Waals surface area contributed by atoms with E-state index in [-0.39, 0.29) is 5.41 Å². The van der Waals surface area contributed by atoms with Crippen molar-refractivity contribution < 1.29 is 4.74 Å². The van der Waals surface area contributed by atoms with Crippen LogP contribution in [0.25, 0.3) is 0 Å². The van der Waals surface area contributed by atoms with Crippen LogP contribution in [-0.4, -0.2) is 4.98 Å². The Labute approximate surface area is 131 Å². The van der Waals surface area contributed by atoms with Crippen LogP contribution in [0.2, 0.25) is 5.02 Å². The van der Waals surface area contributed by atoms with Gasteiger partial charge in [-0.25, -0.2) is 4.98 Å². The number of ether oxygens (including phenoxy) is 1. The molecule has 3 nitrogen and oxygen atoms in total. The highest BCUT2D eigenvalue weighted by molar-refractivity contribution is 6.30. The minimum atomic E-state index is -0.0261. The van der Waals surface area contributed by atoms with Gasteiger partial charge in [0.2, 0.25) is 5.88 Å². The van der Waals surface area contributed by atoms with Crippen LogP contribution in [0, 0.1) is 0 Å². The van der Waals surface area contributed by atoms with Crippen molar-refractivity contribution in [3.63, 3.8) is 0 Å². The molecule has 2 N–H and O–H groups in total. The summed E-state index contributed by atoms with van der Waals surface area (Å²) in [6.45, 7) is 8.62. The summed E-state index contributed by atoms with van der Waals surface area (Å²) >= 11 is 5.87. The number of hydrogen-bond donors (Lipinski definition) is 1. The van der Waals surface area contributed by atoms with E-state index in [4.69, 9.17) is 22.1 Å². The first-order valence-corrected chi connectivity index (χ1v) is 7.41. The van der Waals surface area contributed by atoms with Gasteiger partial charge in [-0.3, -0.25) is 0 Å². The van der Waals surface area contributed by atoms with Crippen LogP contribution in [0.5, 0.6) is 11.6 Å². The summed E-state index contributed by atoms with van der Waals surface area (Å²) in [4.78, 5) is 4.16. The number of nitrogens with zero attached hydrogens (tertiary/aromatic N) is 1. The lowest BCUT2D eigenvalue weighted by Gasteiger charge is -2.23. The van der Waals surface area contributed by atoms with E-state index in [1.54, 1.807) is 6.07 Å². The summed E-state index contributed by atoms with van der Waals surface area (Å²) in [6, 6.07) is 7.87. The molecule has 0 saturated carbocycles. The van der Waals surface area contributed by atoms with E-state index in [2.05, 4.69) is 44.8 Å². The molecule has 0 fully saturated rings. The zero-order chi connectivity index (χ0) is 15.6. The van der Waals surface area contributed by atoms with Gasteiger partial charge in [0, 0.05) is 11.8 Å². The fraction of sp³-hybridized carbons (Fsp3) is 0.353. The van der Waals surface area contributed by atoms with E-state index in [1.165, 1.54) is 11.8 Å². The molecule has 0 saturated heterocycles. The van der Waals surface area contributed by atoms with Gasteiger partial charge >= 0.3 is 0 Å². The third kappa shape index (κ3) is 3.67. The van der Waals surface area contributed by atoms with Crippen molar-refractivity contribution in [3.8, 4) is 11.6 Å². The molecule has 0 aliphatic rings. The lowest BCUT2D eigenvalue weighted by atomic mass is 9.85. The molecular formula is C17H21ClN2O. The van der Waals surface area contributed by atoms with Crippen LogP contribution in [0.4, 0.5) is 5.69 Å². The molecule has 4 heteroatoms. The molecule has 21 heavy (non-hydrogen) atoms. The summed E-state index contributed by atoms with van der Waals surface area (Å²) in [7, 11) is 0. The molecule has 0 spiro atoms. The molecule has 0 bridgehead atoms. The predicted octanol–water partition coefficient (Wildman–Crippen LogP) is 4.97. The van der Waals surface area contributed by atoms with Crippen molar-refractivity contribution in [2.45, 2.75) is 39.5 Å². The molecule has 2 aromatic rings. The fourth-order valence-electron chi connectivity index (χ4n) is 2.10. The van der Waals surface area contributed by atoms with Crippen LogP contribution in [0.3, 0.4) is 0 Å². The minimum Gasteiger partial charge on any atom is -0.437 e. The van der Waals surface area contributed by atoms with Crippen LogP contribution in [0.1, 0.15) is 38.8 Å². The van der Waals surface area contributed by atoms with Crippen LogP contribution in [0.15, 0.2) is 30.5 Å². The molecule has 2 rings (SSSR count). The van der Waals surface area contributed by atoms with Crippen LogP contribution >= 0.6 is 11.6 Å². The number of rotatable bonds is 3. The molecule has 1 aromatic heterocycles. The van der Waals surface area contributed by atoms with E-state index in [1.807, 2.05) is 6.07 Å². The monoisotopic (exact) mass is 304 g/mol. The van der Waals surface area contributed by atoms with Gasteiger partial charge in [0.05, 0.1) is 10.7 Å². The van der Waals surface area contributed by atoms with Gasteiger partial charge in [-0.2, -0.15) is 0 Å². The number of halogens is 1. The Hall–Kier alpha value is -1.74. The summed E-state index contributed by atoms with van der Waals surface area (Å²) < 4.78 is 5.93. The van der Waals surface area contributed by atoms with Crippen molar-refractivity contribution >= 4 is 17.3 Å². The molecule has 0 aliphatic carbocycles. The third-order valence-electron chi connectivity index (χ3n) is 3.31. The lowest BCUT2D eigenvalue weighted by molar-refractivity contribution is 0.441. The van der Waals surface area contributed by atoms with Gasteiger partial charge in [0.15, 0.2) is 0 Å². The van der Waals surface area contributed by atoms with E-state index < -0.39 is 0 Å². The Balaban J connectivity index is 2.44. The van der Waals surface area contributed by atoms with Gasteiger partial charge in [0.25, 0.3) is 0 Å². The van der Waals surface area contributed by atoms with Crippen LogP contribution in [-0.2, 0) is 11.8 Å². The first-order valence-electron chi connectivity index (χ1n) is 7.03. The first kappa shape index (κ1) is 15.6. The number of aryl methyl sites for hydroxylation is 1. The number of nitrogens with two attached hydrogens (primary N) is 1. The Morgan fingerprint density at radius 3 is 2.52 bits per heavy atom. The maximum absolute atomic E-state index is 5.93. The molecule has 0 radical (unpaired) electrons. The molecular weight excluding hydrogens is 284 g/mol. The number of hydrogen-bond acceptors (Lipinski definition) is 3. The topological polar surface area (TPSA) is 48.1 Å². The molecule has 0 unspecified atom stereocenters. The summed E-state index contributed by atoms with van der Waals surface area (Å²) in [5.41, 5.74) is 8.74. The summed E-state index contributed by atoms with van der Waals surface area (Å²) in [5.74, 6) is 1.16. The second-order valence-electron chi connectivity index (χ2n) is 6.08. The molecule has 112 valence electrons. The average molecular weight is 305 g/mol. The first-order chi connectivity index (χ1) is 9.81. The Bertz CT molecular complexity index is 648. The van der Waals surface area contributed by atoms with Gasteiger partial charge in [-0.1, -0.05) is 51.4 Å². The third-order valence-corrected chi connectivity index (χ3v) is 3.52. The Morgan fingerprint density at radius 2 is 1.95 bits per heavy atom. The quantitative estimate of drug-likeness (QED) is 0.871. The highest BCUT2D eigenvalue weighted by Gasteiger charge is 2.20. The second-order valence-corrected chi connectivity index (χ2v) is 6.52. The van der Waals surface area contributed by atoms with Crippen LogP contribution < -0.4 is 10.5 Å². The molecule has 0 amide bonds. The van der Waals surface area contributed by atoms with Gasteiger partial charge < -0.3 is 10.5 Å². The lowest BCUT2D eigenvalue weighted by Crippen LogP contribution is -2.13. The van der Waals surface area contributed by atoms with Crippen molar-refractivity contribution in [1.29, 1.82) is 0 Å². The molecule has 0 atom stereocenters. The minimum absolute atomic E-state index is 0.0261. The van der Waals surface area contributed by atoms with Crippen molar-refractivity contribution in [3.05, 3.63) is 46.6 Å². The highest BCUT2D eigenvalue weighted by Crippen LogP contribution is 2.36. The van der Waals surface area contributed by atoms with E-state index in [0.29, 0.717) is 16.6 Å². The van der Waals surface area contributed by atoms with E-state index >= 15 is 0 Å². The predicted molar refractivity (Wildman–Crippen MR) is 88.3 cm³/mol. The van der Waals surface area contributed by atoms with Gasteiger partial charge in [-0.05, 0) is 29.5 Å². The normalized spacial score (nSPS) is 11.5. The van der Waals surface area contributed by atoms with Crippen molar-refractivity contribution in [2.24, 2.45) is 0 Å². The maximum atomic E-state index is 5.93. The number of anilines is 1. The smallest absolute Gasteiger partial charge is 0.242 e. The SMILES string of the molecule is CCc1ccc(Oc2ncc(Cl)cc2N)c(C(C)(C)C)c1. The summed E-state index contributed by atoms with van der Waals surface area (Å²) in [5, 5.41) is 0.497. The second kappa shape index (κ2) is 5.94. The zero-order valence-corrected chi connectivity index (χ0v) is 13.7.